The molecule has 5 heterocycles. The first-order chi connectivity index (χ1) is 23.9. The summed E-state index contributed by atoms with van der Waals surface area (Å²) in [4.78, 5) is 19.7. The van der Waals surface area contributed by atoms with Crippen molar-refractivity contribution in [3.63, 3.8) is 0 Å². The molecule has 1 fully saturated rings. The highest BCUT2D eigenvalue weighted by Crippen LogP contribution is 2.38. The van der Waals surface area contributed by atoms with E-state index in [2.05, 4.69) is 25.6 Å². The van der Waals surface area contributed by atoms with E-state index in [1.54, 1.807) is 42.9 Å². The molecule has 6 aromatic rings. The number of aliphatic hydroxyl groups is 1. The summed E-state index contributed by atoms with van der Waals surface area (Å²) in [5.74, 6) is 1.14. The largest absolute Gasteiger partial charge is 0.463 e. The number of benzene rings is 2. The lowest BCUT2D eigenvalue weighted by molar-refractivity contribution is -0.106. The summed E-state index contributed by atoms with van der Waals surface area (Å²) in [5.41, 5.74) is 3.10. The van der Waals surface area contributed by atoms with E-state index in [-0.39, 0.29) is 30.2 Å². The van der Waals surface area contributed by atoms with Crippen LogP contribution >= 0.6 is 11.3 Å². The van der Waals surface area contributed by atoms with Crippen molar-refractivity contribution < 1.29 is 23.0 Å². The maximum absolute atomic E-state index is 14.1. The molecule has 12 nitrogen and oxygen atoms in total. The first-order valence-corrected chi connectivity index (χ1v) is 18.7. The van der Waals surface area contributed by atoms with Crippen molar-refractivity contribution in [3.05, 3.63) is 88.6 Å². The van der Waals surface area contributed by atoms with E-state index < -0.39 is 10.0 Å². The molecule has 1 atom stereocenters. The monoisotopic (exact) mass is 699 g/mol. The van der Waals surface area contributed by atoms with Gasteiger partial charge in [-0.05, 0) is 55.0 Å². The van der Waals surface area contributed by atoms with Crippen LogP contribution in [0.4, 0.5) is 11.8 Å². The van der Waals surface area contributed by atoms with Crippen LogP contribution in [0, 0.1) is 0 Å². The normalized spacial score (nSPS) is 15.1. The van der Waals surface area contributed by atoms with E-state index in [1.807, 2.05) is 48.7 Å². The van der Waals surface area contributed by atoms with Crippen LogP contribution in [0.5, 0.6) is 5.75 Å². The van der Waals surface area contributed by atoms with Crippen LogP contribution in [0.2, 0.25) is 0 Å². The zero-order valence-corrected chi connectivity index (χ0v) is 28.6. The van der Waals surface area contributed by atoms with Gasteiger partial charge in [-0.3, -0.25) is 4.98 Å². The summed E-state index contributed by atoms with van der Waals surface area (Å²) < 4.78 is 41.3. The second-order valence-corrected chi connectivity index (χ2v) is 14.9. The molecule has 0 bridgehead atoms. The average Bonchev–Trinajstić information content (AvgIpc) is 3.75. The number of fused-ring (bicyclic) bond motifs is 2. The predicted octanol–water partition coefficient (Wildman–Crippen LogP) is 5.97. The highest BCUT2D eigenvalue weighted by Gasteiger charge is 2.25. The van der Waals surface area contributed by atoms with Crippen LogP contribution < -0.4 is 15.4 Å². The Labute approximate surface area is 288 Å². The molecule has 3 N–H and O–H groups in total. The Morgan fingerprint density at radius 1 is 1.08 bits per heavy atom. The molecule has 14 heteroatoms. The molecule has 0 radical (unpaired) electrons. The molecular weight excluding hydrogens is 663 g/mol. The summed E-state index contributed by atoms with van der Waals surface area (Å²) >= 11 is 1.56. The van der Waals surface area contributed by atoms with Crippen LogP contribution in [0.15, 0.2) is 73.2 Å². The number of nitrogens with one attached hydrogen (secondary N) is 2. The number of aryl methyl sites for hydroxylation is 1. The maximum Gasteiger partial charge on any atom is 0.244 e. The van der Waals surface area contributed by atoms with Gasteiger partial charge < -0.3 is 25.2 Å². The zero-order valence-electron chi connectivity index (χ0n) is 27.0. The molecule has 49 heavy (non-hydrogen) atoms. The average molecular weight is 700 g/mol. The number of nitrogens with zero attached hydrogens (tertiary/aromatic N) is 5. The van der Waals surface area contributed by atoms with Crippen LogP contribution in [-0.4, -0.2) is 64.0 Å². The summed E-state index contributed by atoms with van der Waals surface area (Å²) in [6, 6.07) is 16.8. The van der Waals surface area contributed by atoms with E-state index in [0.717, 1.165) is 52.0 Å². The minimum atomic E-state index is -3.91. The molecular formula is C35H37N7O5S2. The number of aromatic nitrogens is 5. The van der Waals surface area contributed by atoms with Gasteiger partial charge in [0.15, 0.2) is 11.9 Å². The van der Waals surface area contributed by atoms with Crippen molar-refractivity contribution in [2.45, 2.75) is 50.7 Å². The Balaban J connectivity index is 1.33. The summed E-state index contributed by atoms with van der Waals surface area (Å²) in [6.45, 7) is 1.17. The predicted molar refractivity (Wildman–Crippen MR) is 191 cm³/mol. The Kier molecular flexibility index (Phi) is 9.71. The van der Waals surface area contributed by atoms with Gasteiger partial charge in [0.1, 0.15) is 16.6 Å². The van der Waals surface area contributed by atoms with E-state index in [9.17, 15) is 13.5 Å². The fourth-order valence-corrected chi connectivity index (χ4v) is 8.20. The Morgan fingerprint density at radius 3 is 2.76 bits per heavy atom. The van der Waals surface area contributed by atoms with Crippen molar-refractivity contribution >= 4 is 55.1 Å². The molecule has 1 unspecified atom stereocenters. The molecule has 1 aliphatic heterocycles. The molecule has 0 saturated carbocycles. The first-order valence-electron chi connectivity index (χ1n) is 16.2. The molecule has 0 spiro atoms. The van der Waals surface area contributed by atoms with Gasteiger partial charge in [0, 0.05) is 48.3 Å². The van der Waals surface area contributed by atoms with Crippen molar-refractivity contribution in [3.8, 4) is 16.9 Å². The Hall–Kier alpha value is -4.63. The van der Waals surface area contributed by atoms with E-state index in [4.69, 9.17) is 14.5 Å². The molecule has 1 aliphatic rings. The van der Waals surface area contributed by atoms with Gasteiger partial charge in [-0.1, -0.05) is 36.4 Å². The van der Waals surface area contributed by atoms with E-state index in [0.29, 0.717) is 47.7 Å². The van der Waals surface area contributed by atoms with Crippen LogP contribution in [0.1, 0.15) is 41.1 Å². The van der Waals surface area contributed by atoms with Gasteiger partial charge in [-0.2, -0.15) is 9.97 Å². The summed E-state index contributed by atoms with van der Waals surface area (Å²) in [7, 11) is -2.22. The summed E-state index contributed by atoms with van der Waals surface area (Å²) in [6.07, 6.45) is 9.17. The first kappa shape index (κ1) is 32.9. The SMILES string of the molecule is CNc1nc(NCc2ncc(CCCO)s2)c2c(-c3ccc4ncc(OC5CCCCO5)cc4c3)cn(S(=O)(=O)Cc3ccccc3)c2n1. The number of ether oxygens (including phenoxy) is 2. The number of aliphatic hydroxyl groups excluding tert-OH is 1. The van der Waals surface area contributed by atoms with Crippen molar-refractivity contribution in [1.82, 2.24) is 23.9 Å². The van der Waals surface area contributed by atoms with Crippen LogP contribution in [-0.2, 0) is 33.5 Å². The number of hydrogen-bond donors (Lipinski definition) is 3. The zero-order chi connectivity index (χ0) is 33.8. The van der Waals surface area contributed by atoms with Crippen molar-refractivity contribution in [1.29, 1.82) is 0 Å². The third-order valence-electron chi connectivity index (χ3n) is 8.29. The Morgan fingerprint density at radius 2 is 1.96 bits per heavy atom. The molecule has 7 rings (SSSR count). The second kappa shape index (κ2) is 14.5. The molecule has 254 valence electrons. The van der Waals surface area contributed by atoms with Gasteiger partial charge in [0.25, 0.3) is 0 Å². The fraction of sp³-hybridized carbons (Fsp3) is 0.314. The molecule has 4 aromatic heterocycles. The van der Waals surface area contributed by atoms with E-state index in [1.165, 1.54) is 3.97 Å². The quantitative estimate of drug-likeness (QED) is 0.131. The third kappa shape index (κ3) is 7.37. The highest BCUT2D eigenvalue weighted by molar-refractivity contribution is 7.89. The lowest BCUT2D eigenvalue weighted by Gasteiger charge is -2.23. The standard InChI is InChI=1S/C35H37N7O5S2/c1-36-35-40-33(39-20-30-38-19-27(48-30)10-7-14-43)32-28(21-42(34(32)41-35)49(44,45)22-23-8-3-2-4-9-23)24-12-13-29-25(16-24)17-26(18-37-29)47-31-11-5-6-15-46-31/h2-4,8-9,12-13,16-19,21,31,43H,5-7,10-11,14-15,20,22H2,1H3,(H2,36,39,40,41). The number of hydrogen-bond acceptors (Lipinski definition) is 12. The minimum absolute atomic E-state index is 0.123. The summed E-state index contributed by atoms with van der Waals surface area (Å²) in [5, 5.41) is 17.9. The van der Waals surface area contributed by atoms with Crippen molar-refractivity contribution in [2.75, 3.05) is 30.9 Å². The number of anilines is 2. The number of rotatable bonds is 13. The number of pyridine rings is 1. The fourth-order valence-electron chi connectivity index (χ4n) is 5.88. The lowest BCUT2D eigenvalue weighted by Crippen LogP contribution is -2.24. The minimum Gasteiger partial charge on any atom is -0.463 e. The second-order valence-electron chi connectivity index (χ2n) is 11.8. The highest BCUT2D eigenvalue weighted by atomic mass is 32.2. The van der Waals surface area contributed by atoms with Gasteiger partial charge >= 0.3 is 0 Å². The smallest absolute Gasteiger partial charge is 0.244 e. The topological polar surface area (TPSA) is 153 Å². The lowest BCUT2D eigenvalue weighted by atomic mass is 10.0. The Bertz CT molecular complexity index is 2180. The van der Waals surface area contributed by atoms with Crippen LogP contribution in [0.3, 0.4) is 0 Å². The molecule has 0 amide bonds. The van der Waals surface area contributed by atoms with Crippen LogP contribution in [0.25, 0.3) is 33.1 Å². The molecule has 2 aromatic carbocycles. The van der Waals surface area contributed by atoms with Gasteiger partial charge in [0.05, 0.1) is 36.0 Å². The van der Waals surface area contributed by atoms with Gasteiger partial charge in [-0.25, -0.2) is 17.4 Å². The molecule has 1 saturated heterocycles. The third-order valence-corrected chi connectivity index (χ3v) is 10.9. The maximum atomic E-state index is 14.1. The number of thiazole rings is 1. The van der Waals surface area contributed by atoms with Gasteiger partial charge in [0.2, 0.25) is 16.0 Å². The van der Waals surface area contributed by atoms with E-state index >= 15 is 0 Å². The van der Waals surface area contributed by atoms with Crippen molar-refractivity contribution in [2.24, 2.45) is 0 Å². The molecule has 0 aliphatic carbocycles. The van der Waals surface area contributed by atoms with Gasteiger partial charge in [-0.15, -0.1) is 11.3 Å².